The van der Waals surface area contributed by atoms with Crippen LogP contribution in [0, 0.1) is 0 Å². The molecule has 0 aromatic rings. The number of nitrogens with two attached hydrogens (primary N) is 1. The van der Waals surface area contributed by atoms with Gasteiger partial charge in [-0.3, -0.25) is 4.79 Å². The Kier molecular flexibility index (Phi) is 4.35. The Balaban J connectivity index is 2.48. The van der Waals surface area contributed by atoms with E-state index in [9.17, 15) is 4.79 Å². The lowest BCUT2D eigenvalue weighted by molar-refractivity contribution is -0.143. The van der Waals surface area contributed by atoms with Gasteiger partial charge < -0.3 is 15.4 Å². The third kappa shape index (κ3) is 2.96. The van der Waals surface area contributed by atoms with Crippen molar-refractivity contribution in [2.75, 3.05) is 19.6 Å². The Morgan fingerprint density at radius 1 is 1.57 bits per heavy atom. The summed E-state index contributed by atoms with van der Waals surface area (Å²) < 4.78 is 5.58. The zero-order chi connectivity index (χ0) is 10.6. The standard InChI is InChI=1S/C10H20N2O2/c1-3-4-10(13)12-6-8(2)14-9(5-11)7-12/h8-9H,3-7,11H2,1-2H3. The highest BCUT2D eigenvalue weighted by atomic mass is 16.5. The molecule has 0 radical (unpaired) electrons. The number of hydrogen-bond acceptors (Lipinski definition) is 3. The Labute approximate surface area is 85.4 Å². The van der Waals surface area contributed by atoms with Gasteiger partial charge in [0.25, 0.3) is 0 Å². The lowest BCUT2D eigenvalue weighted by Gasteiger charge is -2.36. The predicted octanol–water partition coefficient (Wildman–Crippen LogP) is 0.361. The second kappa shape index (κ2) is 5.32. The molecule has 2 unspecified atom stereocenters. The molecule has 0 aliphatic carbocycles. The first-order valence-electron chi connectivity index (χ1n) is 5.30. The number of carbonyl (C=O) groups is 1. The lowest BCUT2D eigenvalue weighted by Crippen LogP contribution is -2.51. The number of nitrogens with zero attached hydrogens (tertiary/aromatic N) is 1. The molecule has 2 atom stereocenters. The summed E-state index contributed by atoms with van der Waals surface area (Å²) in [6, 6.07) is 0. The number of morpholine rings is 1. The van der Waals surface area contributed by atoms with Crippen molar-refractivity contribution < 1.29 is 9.53 Å². The molecule has 14 heavy (non-hydrogen) atoms. The number of rotatable bonds is 3. The molecule has 0 spiro atoms. The van der Waals surface area contributed by atoms with Gasteiger partial charge in [-0.1, -0.05) is 6.92 Å². The van der Waals surface area contributed by atoms with Crippen LogP contribution >= 0.6 is 0 Å². The fraction of sp³-hybridized carbons (Fsp3) is 0.900. The summed E-state index contributed by atoms with van der Waals surface area (Å²) in [7, 11) is 0. The molecule has 0 saturated carbocycles. The van der Waals surface area contributed by atoms with Crippen LogP contribution < -0.4 is 5.73 Å². The van der Waals surface area contributed by atoms with Gasteiger partial charge in [-0.05, 0) is 13.3 Å². The van der Waals surface area contributed by atoms with Crippen molar-refractivity contribution >= 4 is 5.91 Å². The minimum absolute atomic E-state index is 0.0135. The molecule has 82 valence electrons. The molecule has 2 N–H and O–H groups in total. The zero-order valence-electron chi connectivity index (χ0n) is 9.03. The van der Waals surface area contributed by atoms with Gasteiger partial charge in [-0.15, -0.1) is 0 Å². The van der Waals surface area contributed by atoms with Gasteiger partial charge in [0, 0.05) is 26.1 Å². The molecule has 0 aromatic carbocycles. The first-order valence-corrected chi connectivity index (χ1v) is 5.30. The van der Waals surface area contributed by atoms with Crippen LogP contribution in [0.3, 0.4) is 0 Å². The highest BCUT2D eigenvalue weighted by Crippen LogP contribution is 2.11. The summed E-state index contributed by atoms with van der Waals surface area (Å²) in [5.74, 6) is 0.223. The average molecular weight is 200 g/mol. The summed E-state index contributed by atoms with van der Waals surface area (Å²) in [4.78, 5) is 13.5. The maximum atomic E-state index is 11.6. The number of carbonyl (C=O) groups excluding carboxylic acids is 1. The van der Waals surface area contributed by atoms with Crippen LogP contribution in [0.4, 0.5) is 0 Å². The van der Waals surface area contributed by atoms with Crippen LogP contribution in [-0.2, 0) is 9.53 Å². The summed E-state index contributed by atoms with van der Waals surface area (Å²) in [6.07, 6.45) is 1.65. The summed E-state index contributed by atoms with van der Waals surface area (Å²) in [5.41, 5.74) is 5.54. The highest BCUT2D eigenvalue weighted by molar-refractivity contribution is 5.76. The van der Waals surface area contributed by atoms with E-state index in [1.54, 1.807) is 0 Å². The molecule has 1 rings (SSSR count). The van der Waals surface area contributed by atoms with Gasteiger partial charge in [-0.25, -0.2) is 0 Å². The maximum absolute atomic E-state index is 11.6. The monoisotopic (exact) mass is 200 g/mol. The Morgan fingerprint density at radius 2 is 2.29 bits per heavy atom. The van der Waals surface area contributed by atoms with Crippen molar-refractivity contribution in [2.24, 2.45) is 5.73 Å². The molecular formula is C10H20N2O2. The largest absolute Gasteiger partial charge is 0.370 e. The second-order valence-electron chi connectivity index (χ2n) is 3.85. The van der Waals surface area contributed by atoms with Crippen LogP contribution in [0.25, 0.3) is 0 Å². The van der Waals surface area contributed by atoms with Gasteiger partial charge in [0.05, 0.1) is 12.2 Å². The van der Waals surface area contributed by atoms with Crippen molar-refractivity contribution in [3.8, 4) is 0 Å². The molecule has 1 aliphatic heterocycles. The predicted molar refractivity (Wildman–Crippen MR) is 54.9 cm³/mol. The second-order valence-corrected chi connectivity index (χ2v) is 3.85. The molecule has 4 nitrogen and oxygen atoms in total. The number of hydrogen-bond donors (Lipinski definition) is 1. The summed E-state index contributed by atoms with van der Waals surface area (Å²) in [6.45, 7) is 5.84. The molecule has 0 bridgehead atoms. The topological polar surface area (TPSA) is 55.6 Å². The molecule has 0 aromatic heterocycles. The molecule has 1 heterocycles. The molecule has 4 heteroatoms. The van der Waals surface area contributed by atoms with Crippen LogP contribution in [0.1, 0.15) is 26.7 Å². The minimum atomic E-state index is 0.0135. The van der Waals surface area contributed by atoms with Crippen LogP contribution in [0.2, 0.25) is 0 Å². The quantitative estimate of drug-likeness (QED) is 0.715. The lowest BCUT2D eigenvalue weighted by atomic mass is 10.2. The molecule has 1 fully saturated rings. The van der Waals surface area contributed by atoms with Crippen molar-refractivity contribution in [3.05, 3.63) is 0 Å². The molecule has 1 amide bonds. The molecular weight excluding hydrogens is 180 g/mol. The van der Waals surface area contributed by atoms with E-state index in [4.69, 9.17) is 10.5 Å². The fourth-order valence-electron chi connectivity index (χ4n) is 1.75. The van der Waals surface area contributed by atoms with E-state index in [2.05, 4.69) is 0 Å². The third-order valence-electron chi connectivity index (χ3n) is 2.41. The normalized spacial score (nSPS) is 27.8. The number of ether oxygens (including phenoxy) is 1. The summed E-state index contributed by atoms with van der Waals surface area (Å²) in [5, 5.41) is 0. The minimum Gasteiger partial charge on any atom is -0.370 e. The van der Waals surface area contributed by atoms with Gasteiger partial charge in [-0.2, -0.15) is 0 Å². The van der Waals surface area contributed by atoms with Crippen LogP contribution in [0.5, 0.6) is 0 Å². The first kappa shape index (κ1) is 11.5. The van der Waals surface area contributed by atoms with E-state index in [1.807, 2.05) is 18.7 Å². The van der Waals surface area contributed by atoms with Gasteiger partial charge >= 0.3 is 0 Å². The van der Waals surface area contributed by atoms with Crippen LogP contribution in [-0.4, -0.2) is 42.6 Å². The van der Waals surface area contributed by atoms with Gasteiger partial charge in [0.2, 0.25) is 5.91 Å². The Hall–Kier alpha value is -0.610. The summed E-state index contributed by atoms with van der Waals surface area (Å²) >= 11 is 0. The maximum Gasteiger partial charge on any atom is 0.222 e. The van der Waals surface area contributed by atoms with E-state index in [1.165, 1.54) is 0 Å². The van der Waals surface area contributed by atoms with Crippen molar-refractivity contribution in [1.29, 1.82) is 0 Å². The highest BCUT2D eigenvalue weighted by Gasteiger charge is 2.26. The van der Waals surface area contributed by atoms with Crippen molar-refractivity contribution in [1.82, 2.24) is 4.90 Å². The molecule has 1 aliphatic rings. The Bertz CT molecular complexity index is 197. The van der Waals surface area contributed by atoms with E-state index in [0.29, 0.717) is 26.1 Å². The SMILES string of the molecule is CCCC(=O)N1CC(C)OC(CN)C1. The van der Waals surface area contributed by atoms with Crippen molar-refractivity contribution in [3.63, 3.8) is 0 Å². The van der Waals surface area contributed by atoms with Crippen molar-refractivity contribution in [2.45, 2.75) is 38.9 Å². The fourth-order valence-corrected chi connectivity index (χ4v) is 1.75. The smallest absolute Gasteiger partial charge is 0.222 e. The van der Waals surface area contributed by atoms with E-state index in [-0.39, 0.29) is 18.1 Å². The van der Waals surface area contributed by atoms with Gasteiger partial charge in [0.1, 0.15) is 0 Å². The number of amides is 1. The average Bonchev–Trinajstić information content (AvgIpc) is 2.17. The van der Waals surface area contributed by atoms with E-state index >= 15 is 0 Å². The first-order chi connectivity index (χ1) is 6.67. The Morgan fingerprint density at radius 3 is 2.86 bits per heavy atom. The van der Waals surface area contributed by atoms with Crippen LogP contribution in [0.15, 0.2) is 0 Å². The molecule has 1 saturated heterocycles. The van der Waals surface area contributed by atoms with E-state index < -0.39 is 0 Å². The third-order valence-corrected chi connectivity index (χ3v) is 2.41. The zero-order valence-corrected chi connectivity index (χ0v) is 9.03. The van der Waals surface area contributed by atoms with Gasteiger partial charge in [0.15, 0.2) is 0 Å². The van der Waals surface area contributed by atoms with E-state index in [0.717, 1.165) is 6.42 Å².